The number of aliphatic carboxylic acids is 1. The average Bonchev–Trinajstić information content (AvgIpc) is 2.97. The molecule has 3 N–H and O–H groups in total. The van der Waals surface area contributed by atoms with Crippen molar-refractivity contribution < 1.29 is 19.7 Å². The van der Waals surface area contributed by atoms with E-state index in [4.69, 9.17) is 9.84 Å². The quantitative estimate of drug-likeness (QED) is 0.708. The predicted molar refractivity (Wildman–Crippen MR) is 96.4 cm³/mol. The predicted octanol–water partition coefficient (Wildman–Crippen LogP) is 2.81. The van der Waals surface area contributed by atoms with Crippen molar-refractivity contribution in [3.63, 3.8) is 0 Å². The minimum Gasteiger partial charge on any atom is -0.481 e. The van der Waals surface area contributed by atoms with Crippen molar-refractivity contribution in [3.8, 4) is 0 Å². The SMILES string of the molecule is CC1CCC[C@@H]2C(CCCC(C(=O)O)([C@@H]3CCCN3)C1)C2OCCO. The molecule has 3 aliphatic rings. The van der Waals surface area contributed by atoms with Gasteiger partial charge in [0.1, 0.15) is 0 Å². The van der Waals surface area contributed by atoms with Gasteiger partial charge in [0, 0.05) is 6.04 Å². The molecule has 4 unspecified atom stereocenters. The average molecular weight is 354 g/mol. The minimum atomic E-state index is -0.605. The summed E-state index contributed by atoms with van der Waals surface area (Å²) in [6.45, 7) is 3.70. The maximum Gasteiger partial charge on any atom is 0.311 e. The Labute approximate surface area is 151 Å². The van der Waals surface area contributed by atoms with Crippen LogP contribution in [0.1, 0.15) is 64.7 Å². The van der Waals surface area contributed by atoms with E-state index in [2.05, 4.69) is 12.2 Å². The molecule has 2 aliphatic carbocycles. The summed E-state index contributed by atoms with van der Waals surface area (Å²) in [7, 11) is 0. The van der Waals surface area contributed by atoms with Crippen LogP contribution in [0.5, 0.6) is 0 Å². The van der Waals surface area contributed by atoms with Gasteiger partial charge in [0.25, 0.3) is 0 Å². The van der Waals surface area contributed by atoms with E-state index in [-0.39, 0.29) is 12.6 Å². The summed E-state index contributed by atoms with van der Waals surface area (Å²) >= 11 is 0. The van der Waals surface area contributed by atoms with Crippen LogP contribution >= 0.6 is 0 Å². The van der Waals surface area contributed by atoms with Gasteiger partial charge in [0.2, 0.25) is 0 Å². The molecule has 0 aromatic heterocycles. The van der Waals surface area contributed by atoms with E-state index in [1.807, 2.05) is 0 Å². The van der Waals surface area contributed by atoms with Gasteiger partial charge in [-0.15, -0.1) is 0 Å². The van der Waals surface area contributed by atoms with Crippen LogP contribution in [0, 0.1) is 23.2 Å². The number of nitrogens with one attached hydrogen (secondary N) is 1. The van der Waals surface area contributed by atoms with E-state index in [9.17, 15) is 9.90 Å². The number of hydrogen-bond donors (Lipinski definition) is 3. The molecule has 0 spiro atoms. The van der Waals surface area contributed by atoms with Gasteiger partial charge in [-0.05, 0) is 62.8 Å². The van der Waals surface area contributed by atoms with Crippen molar-refractivity contribution >= 4 is 5.97 Å². The molecule has 1 saturated heterocycles. The number of hydrogen-bond acceptors (Lipinski definition) is 4. The van der Waals surface area contributed by atoms with Crippen molar-refractivity contribution in [2.24, 2.45) is 23.2 Å². The molecular formula is C20H35NO4. The van der Waals surface area contributed by atoms with Crippen LogP contribution in [0.2, 0.25) is 0 Å². The third kappa shape index (κ3) is 4.20. The number of carboxylic acid groups (broad SMARTS) is 1. The Hall–Kier alpha value is -0.650. The number of fused-ring (bicyclic) bond motifs is 1. The van der Waals surface area contributed by atoms with E-state index in [0.29, 0.717) is 30.5 Å². The summed E-state index contributed by atoms with van der Waals surface area (Å²) in [6.07, 6.45) is 9.46. The van der Waals surface area contributed by atoms with Crippen LogP contribution in [-0.4, -0.2) is 48.1 Å². The van der Waals surface area contributed by atoms with Crippen molar-refractivity contribution in [2.75, 3.05) is 19.8 Å². The smallest absolute Gasteiger partial charge is 0.311 e. The second-order valence-corrected chi connectivity index (χ2v) is 8.63. The van der Waals surface area contributed by atoms with Crippen LogP contribution < -0.4 is 5.32 Å². The minimum absolute atomic E-state index is 0.0858. The molecule has 25 heavy (non-hydrogen) atoms. The molecule has 0 aromatic carbocycles. The Bertz CT molecular complexity index is 451. The number of aliphatic hydroxyl groups excluding tert-OH is 1. The summed E-state index contributed by atoms with van der Waals surface area (Å²) < 4.78 is 5.82. The van der Waals surface area contributed by atoms with E-state index < -0.39 is 11.4 Å². The molecule has 3 fully saturated rings. The fraction of sp³-hybridized carbons (Fsp3) is 0.950. The van der Waals surface area contributed by atoms with E-state index in [1.54, 1.807) is 0 Å². The number of aliphatic hydroxyl groups is 1. The van der Waals surface area contributed by atoms with Crippen molar-refractivity contribution in [3.05, 3.63) is 0 Å². The summed E-state index contributed by atoms with van der Waals surface area (Å²) in [6, 6.07) is 0.129. The Kier molecular flexibility index (Phi) is 6.39. The summed E-state index contributed by atoms with van der Waals surface area (Å²) in [5.74, 6) is 1.05. The van der Waals surface area contributed by atoms with Gasteiger partial charge in [-0.3, -0.25) is 4.79 Å². The first-order chi connectivity index (χ1) is 12.1. The zero-order valence-corrected chi connectivity index (χ0v) is 15.6. The van der Waals surface area contributed by atoms with Gasteiger partial charge in [-0.25, -0.2) is 0 Å². The highest BCUT2D eigenvalue weighted by Gasteiger charge is 2.52. The molecule has 1 aliphatic heterocycles. The lowest BCUT2D eigenvalue weighted by Crippen LogP contribution is -2.48. The van der Waals surface area contributed by atoms with Crippen molar-refractivity contribution in [2.45, 2.75) is 76.9 Å². The van der Waals surface area contributed by atoms with Crippen LogP contribution in [0.4, 0.5) is 0 Å². The third-order valence-electron chi connectivity index (χ3n) is 6.92. The first-order valence-electron chi connectivity index (χ1n) is 10.3. The third-order valence-corrected chi connectivity index (χ3v) is 6.92. The fourth-order valence-electron chi connectivity index (χ4n) is 5.60. The van der Waals surface area contributed by atoms with Gasteiger partial charge < -0.3 is 20.3 Å². The van der Waals surface area contributed by atoms with E-state index >= 15 is 0 Å². The molecule has 0 radical (unpaired) electrons. The summed E-state index contributed by atoms with van der Waals surface area (Å²) in [5.41, 5.74) is -0.605. The van der Waals surface area contributed by atoms with E-state index in [1.165, 1.54) is 6.42 Å². The topological polar surface area (TPSA) is 78.8 Å². The zero-order chi connectivity index (χ0) is 17.9. The molecule has 3 rings (SSSR count). The summed E-state index contributed by atoms with van der Waals surface area (Å²) in [4.78, 5) is 12.4. The molecule has 0 bridgehead atoms. The first-order valence-corrected chi connectivity index (χ1v) is 10.3. The molecule has 5 nitrogen and oxygen atoms in total. The lowest BCUT2D eigenvalue weighted by atomic mass is 9.69. The first kappa shape index (κ1) is 19.1. The number of rotatable bonds is 5. The molecule has 0 amide bonds. The maximum absolute atomic E-state index is 12.4. The van der Waals surface area contributed by atoms with Crippen LogP contribution in [0.3, 0.4) is 0 Å². The monoisotopic (exact) mass is 353 g/mol. The highest BCUT2D eigenvalue weighted by Crippen LogP contribution is 2.51. The Balaban J connectivity index is 1.70. The molecular weight excluding hydrogens is 318 g/mol. The second-order valence-electron chi connectivity index (χ2n) is 8.63. The fourth-order valence-corrected chi connectivity index (χ4v) is 5.60. The zero-order valence-electron chi connectivity index (χ0n) is 15.6. The van der Waals surface area contributed by atoms with Gasteiger partial charge in [0.15, 0.2) is 0 Å². The Morgan fingerprint density at radius 3 is 2.56 bits per heavy atom. The molecule has 144 valence electrons. The van der Waals surface area contributed by atoms with E-state index in [0.717, 1.165) is 57.9 Å². The number of ether oxygens (including phenoxy) is 1. The summed E-state index contributed by atoms with van der Waals surface area (Å²) in [5, 5.41) is 22.7. The molecule has 2 saturated carbocycles. The molecule has 0 aromatic rings. The molecule has 5 heteroatoms. The van der Waals surface area contributed by atoms with Crippen LogP contribution in [0.25, 0.3) is 0 Å². The van der Waals surface area contributed by atoms with Crippen molar-refractivity contribution in [1.82, 2.24) is 5.32 Å². The normalized spacial score (nSPS) is 42.4. The Morgan fingerprint density at radius 2 is 1.92 bits per heavy atom. The van der Waals surface area contributed by atoms with Crippen molar-refractivity contribution in [1.29, 1.82) is 0 Å². The van der Waals surface area contributed by atoms with Crippen LogP contribution in [0.15, 0.2) is 0 Å². The Morgan fingerprint density at radius 1 is 1.16 bits per heavy atom. The largest absolute Gasteiger partial charge is 0.481 e. The lowest BCUT2D eigenvalue weighted by Gasteiger charge is -2.37. The molecule has 1 heterocycles. The van der Waals surface area contributed by atoms with Gasteiger partial charge >= 0.3 is 5.97 Å². The highest BCUT2D eigenvalue weighted by atomic mass is 16.5. The van der Waals surface area contributed by atoms with Gasteiger partial charge in [-0.1, -0.05) is 26.2 Å². The standard InChI is InChI=1S/C20H35NO4/c1-14-5-2-6-15-16(18(15)25-12-11-22)7-3-9-20(13-14,19(23)24)17-8-4-10-21-17/h14-18,21-22H,2-13H2,1H3,(H,23,24)/t14?,15-,16?,17+,18?,20?/m1/s1. The lowest BCUT2D eigenvalue weighted by molar-refractivity contribution is -0.153. The highest BCUT2D eigenvalue weighted by molar-refractivity contribution is 5.75. The maximum atomic E-state index is 12.4. The second kappa shape index (κ2) is 8.36. The molecule has 6 atom stereocenters. The number of carbonyl (C=O) groups is 1. The van der Waals surface area contributed by atoms with Crippen LogP contribution in [-0.2, 0) is 9.53 Å². The van der Waals surface area contributed by atoms with Gasteiger partial charge in [-0.2, -0.15) is 0 Å². The van der Waals surface area contributed by atoms with Gasteiger partial charge in [0.05, 0.1) is 24.7 Å². The number of carboxylic acids is 1.